The molecule has 0 radical (unpaired) electrons. The van der Waals surface area contributed by atoms with Crippen LogP contribution in [-0.2, 0) is 0 Å². The van der Waals surface area contributed by atoms with Gasteiger partial charge in [-0.25, -0.2) is 0 Å². The molecule has 2 N–H and O–H groups in total. The summed E-state index contributed by atoms with van der Waals surface area (Å²) in [6, 6.07) is 1.58. The first-order valence-corrected chi connectivity index (χ1v) is 8.75. The van der Waals surface area contributed by atoms with Gasteiger partial charge in [0.05, 0.1) is 0 Å². The van der Waals surface area contributed by atoms with Gasteiger partial charge in [0.1, 0.15) is 0 Å². The maximum atomic E-state index is 6.21. The molecule has 3 rings (SSSR count). The molecule has 1 aliphatic heterocycles. The largest absolute Gasteiger partial charge is 0.329 e. The molecule has 19 heavy (non-hydrogen) atoms. The van der Waals surface area contributed by atoms with E-state index in [1.165, 1.54) is 64.3 Å². The predicted octanol–water partition coefficient (Wildman–Crippen LogP) is 3.40. The maximum Gasteiger partial charge on any atom is 0.0249 e. The fourth-order valence-corrected chi connectivity index (χ4v) is 5.28. The van der Waals surface area contributed by atoms with Gasteiger partial charge in [-0.05, 0) is 56.4 Å². The van der Waals surface area contributed by atoms with Crippen molar-refractivity contribution in [3.63, 3.8) is 0 Å². The second kappa shape index (κ2) is 6.13. The lowest BCUT2D eigenvalue weighted by molar-refractivity contribution is 0.0743. The number of rotatable bonds is 3. The normalized spacial score (nSPS) is 42.0. The van der Waals surface area contributed by atoms with E-state index in [9.17, 15) is 0 Å². The molecule has 2 aliphatic carbocycles. The predicted molar refractivity (Wildman–Crippen MR) is 81.0 cm³/mol. The molecule has 0 spiro atoms. The SMILES string of the molecule is CC1CCCC(C(CN)N2CCC3CCCCC32)C1. The Labute approximate surface area is 119 Å². The summed E-state index contributed by atoms with van der Waals surface area (Å²) < 4.78 is 0. The summed E-state index contributed by atoms with van der Waals surface area (Å²) in [4.78, 5) is 2.85. The van der Waals surface area contributed by atoms with Crippen molar-refractivity contribution in [1.82, 2.24) is 4.90 Å². The highest BCUT2D eigenvalue weighted by Crippen LogP contribution is 2.40. The summed E-state index contributed by atoms with van der Waals surface area (Å²) >= 11 is 0. The Morgan fingerprint density at radius 3 is 2.68 bits per heavy atom. The number of fused-ring (bicyclic) bond motifs is 1. The van der Waals surface area contributed by atoms with Gasteiger partial charge in [-0.2, -0.15) is 0 Å². The van der Waals surface area contributed by atoms with Crippen molar-refractivity contribution >= 4 is 0 Å². The van der Waals surface area contributed by atoms with Crippen molar-refractivity contribution < 1.29 is 0 Å². The zero-order chi connectivity index (χ0) is 13.2. The molecule has 0 bridgehead atoms. The lowest BCUT2D eigenvalue weighted by Gasteiger charge is -2.42. The zero-order valence-corrected chi connectivity index (χ0v) is 12.7. The number of likely N-dealkylation sites (tertiary alicyclic amines) is 1. The van der Waals surface area contributed by atoms with Gasteiger partial charge < -0.3 is 5.73 Å². The van der Waals surface area contributed by atoms with Crippen LogP contribution in [0, 0.1) is 17.8 Å². The molecule has 3 fully saturated rings. The Morgan fingerprint density at radius 1 is 1.05 bits per heavy atom. The lowest BCUT2D eigenvalue weighted by atomic mass is 9.77. The van der Waals surface area contributed by atoms with E-state index in [1.54, 1.807) is 0 Å². The molecule has 1 heterocycles. The van der Waals surface area contributed by atoms with Crippen LogP contribution in [0.2, 0.25) is 0 Å². The highest BCUT2D eigenvalue weighted by Gasteiger charge is 2.41. The van der Waals surface area contributed by atoms with Crippen LogP contribution >= 0.6 is 0 Å². The van der Waals surface area contributed by atoms with E-state index in [2.05, 4.69) is 11.8 Å². The Morgan fingerprint density at radius 2 is 1.89 bits per heavy atom. The lowest BCUT2D eigenvalue weighted by Crippen LogP contribution is -2.50. The van der Waals surface area contributed by atoms with Gasteiger partial charge in [0.2, 0.25) is 0 Å². The van der Waals surface area contributed by atoms with Gasteiger partial charge >= 0.3 is 0 Å². The summed E-state index contributed by atoms with van der Waals surface area (Å²) in [6.45, 7) is 4.66. The Kier molecular flexibility index (Phi) is 4.48. The number of nitrogens with zero attached hydrogens (tertiary/aromatic N) is 1. The van der Waals surface area contributed by atoms with Gasteiger partial charge in [-0.3, -0.25) is 4.90 Å². The van der Waals surface area contributed by atoms with Gasteiger partial charge in [0.25, 0.3) is 0 Å². The summed E-state index contributed by atoms with van der Waals surface area (Å²) in [5.41, 5.74) is 6.21. The van der Waals surface area contributed by atoms with Gasteiger partial charge in [-0.1, -0.05) is 32.6 Å². The van der Waals surface area contributed by atoms with E-state index in [0.717, 1.165) is 30.3 Å². The molecule has 0 aromatic heterocycles. The molecule has 0 amide bonds. The molecular weight excluding hydrogens is 232 g/mol. The van der Waals surface area contributed by atoms with E-state index >= 15 is 0 Å². The average molecular weight is 264 g/mol. The van der Waals surface area contributed by atoms with Crippen molar-refractivity contribution in [2.75, 3.05) is 13.1 Å². The van der Waals surface area contributed by atoms with E-state index in [4.69, 9.17) is 5.73 Å². The van der Waals surface area contributed by atoms with Crippen LogP contribution in [0.4, 0.5) is 0 Å². The molecule has 0 aromatic carbocycles. The Bertz CT molecular complexity index is 291. The van der Waals surface area contributed by atoms with Crippen molar-refractivity contribution in [2.45, 2.75) is 76.8 Å². The smallest absolute Gasteiger partial charge is 0.0249 e. The molecular formula is C17H32N2. The van der Waals surface area contributed by atoms with Crippen molar-refractivity contribution in [3.8, 4) is 0 Å². The third-order valence-corrected chi connectivity index (χ3v) is 6.24. The van der Waals surface area contributed by atoms with Crippen LogP contribution < -0.4 is 5.73 Å². The topological polar surface area (TPSA) is 29.3 Å². The standard InChI is InChI=1S/C17H32N2/c1-13-5-4-7-15(11-13)17(12-18)19-10-9-14-6-2-3-8-16(14)19/h13-17H,2-12,18H2,1H3. The molecule has 1 saturated heterocycles. The quantitative estimate of drug-likeness (QED) is 0.846. The minimum absolute atomic E-state index is 0.691. The number of hydrogen-bond donors (Lipinski definition) is 1. The molecule has 0 aromatic rings. The van der Waals surface area contributed by atoms with E-state index in [-0.39, 0.29) is 0 Å². The fraction of sp³-hybridized carbons (Fsp3) is 1.00. The molecule has 2 nitrogen and oxygen atoms in total. The maximum absolute atomic E-state index is 6.21. The van der Waals surface area contributed by atoms with Crippen molar-refractivity contribution in [2.24, 2.45) is 23.5 Å². The molecule has 3 aliphatic rings. The monoisotopic (exact) mass is 264 g/mol. The van der Waals surface area contributed by atoms with Crippen LogP contribution in [0.25, 0.3) is 0 Å². The third kappa shape index (κ3) is 2.85. The third-order valence-electron chi connectivity index (χ3n) is 6.24. The second-order valence-electron chi connectivity index (χ2n) is 7.47. The van der Waals surface area contributed by atoms with E-state index in [1.807, 2.05) is 0 Å². The average Bonchev–Trinajstić information content (AvgIpc) is 2.84. The first-order chi connectivity index (χ1) is 9.29. The highest BCUT2D eigenvalue weighted by molar-refractivity contribution is 4.95. The van der Waals surface area contributed by atoms with Gasteiger partial charge in [-0.15, -0.1) is 0 Å². The van der Waals surface area contributed by atoms with Crippen molar-refractivity contribution in [3.05, 3.63) is 0 Å². The molecule has 5 unspecified atom stereocenters. The minimum atomic E-state index is 0.691. The molecule has 2 saturated carbocycles. The van der Waals surface area contributed by atoms with Gasteiger partial charge in [0.15, 0.2) is 0 Å². The molecule has 5 atom stereocenters. The summed E-state index contributed by atoms with van der Waals surface area (Å²) in [6.07, 6.45) is 13.0. The molecule has 2 heteroatoms. The Hall–Kier alpha value is -0.0800. The zero-order valence-electron chi connectivity index (χ0n) is 12.7. The first kappa shape index (κ1) is 13.9. The van der Waals surface area contributed by atoms with Crippen LogP contribution in [0.15, 0.2) is 0 Å². The first-order valence-electron chi connectivity index (χ1n) is 8.75. The van der Waals surface area contributed by atoms with Crippen molar-refractivity contribution in [1.29, 1.82) is 0 Å². The number of hydrogen-bond acceptors (Lipinski definition) is 2. The highest BCUT2D eigenvalue weighted by atomic mass is 15.2. The number of nitrogens with two attached hydrogens (primary N) is 1. The second-order valence-corrected chi connectivity index (χ2v) is 7.47. The van der Waals surface area contributed by atoms with Crippen LogP contribution in [0.5, 0.6) is 0 Å². The van der Waals surface area contributed by atoms with E-state index in [0.29, 0.717) is 6.04 Å². The summed E-state index contributed by atoms with van der Waals surface area (Å²) in [7, 11) is 0. The van der Waals surface area contributed by atoms with Crippen LogP contribution in [0.1, 0.15) is 64.7 Å². The molecule has 110 valence electrons. The van der Waals surface area contributed by atoms with Crippen LogP contribution in [0.3, 0.4) is 0 Å². The van der Waals surface area contributed by atoms with Crippen LogP contribution in [-0.4, -0.2) is 30.1 Å². The Balaban J connectivity index is 1.67. The fourth-order valence-electron chi connectivity index (χ4n) is 5.28. The summed E-state index contributed by atoms with van der Waals surface area (Å²) in [5, 5.41) is 0. The minimum Gasteiger partial charge on any atom is -0.329 e. The summed E-state index contributed by atoms with van der Waals surface area (Å²) in [5.74, 6) is 2.82. The van der Waals surface area contributed by atoms with Gasteiger partial charge in [0, 0.05) is 18.6 Å². The van der Waals surface area contributed by atoms with E-state index < -0.39 is 0 Å².